The van der Waals surface area contributed by atoms with E-state index < -0.39 is 31.4 Å². The van der Waals surface area contributed by atoms with E-state index in [0.29, 0.717) is 28.3 Å². The predicted molar refractivity (Wildman–Crippen MR) is 166 cm³/mol. The molecule has 1 amide bonds. The van der Waals surface area contributed by atoms with Gasteiger partial charge in [0.05, 0.1) is 48.5 Å². The number of imidazole rings is 1. The molecule has 0 bridgehead atoms. The predicted octanol–water partition coefficient (Wildman–Crippen LogP) is 5.61. The molecule has 0 aliphatic carbocycles. The third kappa shape index (κ3) is 5.99. The highest BCUT2D eigenvalue weighted by atomic mass is 28.3. The zero-order valence-corrected chi connectivity index (χ0v) is 26.8. The van der Waals surface area contributed by atoms with Gasteiger partial charge in [-0.15, -0.1) is 0 Å². The Morgan fingerprint density at radius 1 is 1.05 bits per heavy atom. The molecule has 0 spiro atoms. The first-order chi connectivity index (χ1) is 19.4. The van der Waals surface area contributed by atoms with Crippen molar-refractivity contribution in [1.29, 1.82) is 5.26 Å². The molecule has 1 aromatic carbocycles. The minimum atomic E-state index is -2.23. The number of aromatic nitrogens is 4. The standard InChI is InChI=1S/C32H40N6O3Si/c1-19-15-23(17-25(34-19)30(40)42(8,9)31(3,4)5)28-27(22-12-10-11-21(16-22)18-33)36-26-14-13-24(37-38(26)28)29(39)35-20(2)32(6,7)41/h10-17,20,30,40-41H,1-9H3,(H,35,39)/t20-,30?/m0/s1. The number of aliphatic hydroxyl groups is 2. The topological polar surface area (TPSA) is 136 Å². The molecule has 0 saturated carbocycles. The van der Waals surface area contributed by atoms with Crippen LogP contribution in [0.2, 0.25) is 18.1 Å². The second kappa shape index (κ2) is 11.1. The van der Waals surface area contributed by atoms with E-state index in [-0.39, 0.29) is 10.7 Å². The lowest BCUT2D eigenvalue weighted by atomic mass is 10.0. The minimum absolute atomic E-state index is 0.0751. The van der Waals surface area contributed by atoms with Gasteiger partial charge in [0.15, 0.2) is 5.65 Å². The Morgan fingerprint density at radius 2 is 1.74 bits per heavy atom. The van der Waals surface area contributed by atoms with Crippen LogP contribution in [0.1, 0.15) is 74.7 Å². The Hall–Kier alpha value is -3.91. The summed E-state index contributed by atoms with van der Waals surface area (Å²) in [5.41, 5.74) is 3.26. The van der Waals surface area contributed by atoms with Crippen molar-refractivity contribution < 1.29 is 15.0 Å². The van der Waals surface area contributed by atoms with Gasteiger partial charge in [-0.25, -0.2) is 9.50 Å². The maximum Gasteiger partial charge on any atom is 0.272 e. The van der Waals surface area contributed by atoms with Crippen molar-refractivity contribution in [1.82, 2.24) is 24.9 Å². The van der Waals surface area contributed by atoms with Crippen molar-refractivity contribution in [2.24, 2.45) is 0 Å². The number of rotatable bonds is 7. The van der Waals surface area contributed by atoms with Gasteiger partial charge in [-0.2, -0.15) is 10.4 Å². The number of fused-ring (bicyclic) bond motifs is 1. The number of nitrogens with one attached hydrogen (secondary N) is 1. The molecule has 0 radical (unpaired) electrons. The maximum atomic E-state index is 13.2. The summed E-state index contributed by atoms with van der Waals surface area (Å²) in [6, 6.07) is 16.0. The first-order valence-corrected chi connectivity index (χ1v) is 17.1. The number of amides is 1. The van der Waals surface area contributed by atoms with Crippen molar-refractivity contribution in [2.75, 3.05) is 0 Å². The van der Waals surface area contributed by atoms with Gasteiger partial charge in [-0.1, -0.05) is 46.0 Å². The van der Waals surface area contributed by atoms with E-state index in [9.17, 15) is 20.3 Å². The van der Waals surface area contributed by atoms with Crippen LogP contribution in [0.25, 0.3) is 28.2 Å². The van der Waals surface area contributed by atoms with Gasteiger partial charge in [0.2, 0.25) is 0 Å². The molecule has 0 saturated heterocycles. The largest absolute Gasteiger partial charge is 0.390 e. The van der Waals surface area contributed by atoms with E-state index >= 15 is 0 Å². The molecule has 3 aromatic heterocycles. The summed E-state index contributed by atoms with van der Waals surface area (Å²) in [6.07, 6.45) is 0. The second-order valence-corrected chi connectivity index (χ2v) is 18.6. The van der Waals surface area contributed by atoms with Gasteiger partial charge in [0, 0.05) is 16.8 Å². The van der Waals surface area contributed by atoms with Crippen LogP contribution in [0.4, 0.5) is 0 Å². The highest BCUT2D eigenvalue weighted by Crippen LogP contribution is 2.44. The van der Waals surface area contributed by atoms with Gasteiger partial charge in [0.25, 0.3) is 5.91 Å². The van der Waals surface area contributed by atoms with Gasteiger partial charge in [-0.3, -0.25) is 9.78 Å². The number of benzene rings is 1. The first kappa shape index (κ1) is 31.0. The lowest BCUT2D eigenvalue weighted by Crippen LogP contribution is -2.47. The fraction of sp³-hybridized carbons (Fsp3) is 0.406. The summed E-state index contributed by atoms with van der Waals surface area (Å²) in [4.78, 5) is 22.8. The van der Waals surface area contributed by atoms with Crippen LogP contribution in [-0.2, 0) is 0 Å². The SMILES string of the molecule is Cc1cc(-c2c(-c3cccc(C#N)c3)nc3ccc(C(=O)N[C@@H](C)C(C)(C)O)nn23)cc(C(O)[Si](C)(C)C(C)(C)C)n1. The molecule has 9 nitrogen and oxygen atoms in total. The molecule has 0 aliphatic heterocycles. The molecule has 3 N–H and O–H groups in total. The van der Waals surface area contributed by atoms with E-state index in [1.165, 1.54) is 0 Å². The molecule has 4 aromatic rings. The molecule has 0 fully saturated rings. The highest BCUT2D eigenvalue weighted by molar-refractivity contribution is 6.81. The van der Waals surface area contributed by atoms with Gasteiger partial charge >= 0.3 is 0 Å². The summed E-state index contributed by atoms with van der Waals surface area (Å²) in [7, 11) is -2.23. The van der Waals surface area contributed by atoms with Gasteiger partial charge in [0.1, 0.15) is 11.4 Å². The molecule has 42 heavy (non-hydrogen) atoms. The number of aliphatic hydroxyl groups excluding tert-OH is 1. The molecule has 3 heterocycles. The normalized spacial score (nSPS) is 14.0. The van der Waals surface area contributed by atoms with Crippen molar-refractivity contribution >= 4 is 19.6 Å². The molecule has 0 aliphatic rings. The van der Waals surface area contributed by atoms with Crippen LogP contribution < -0.4 is 5.32 Å². The third-order valence-corrected chi connectivity index (χ3v) is 14.1. The molecule has 2 atom stereocenters. The Labute approximate surface area is 248 Å². The summed E-state index contributed by atoms with van der Waals surface area (Å²) in [5, 5.41) is 38.9. The van der Waals surface area contributed by atoms with Crippen LogP contribution in [0.3, 0.4) is 0 Å². The summed E-state index contributed by atoms with van der Waals surface area (Å²) in [6.45, 7) is 17.7. The fourth-order valence-corrected chi connectivity index (χ4v) is 6.16. The van der Waals surface area contributed by atoms with Crippen molar-refractivity contribution in [3.63, 3.8) is 0 Å². The van der Waals surface area contributed by atoms with E-state index in [4.69, 9.17) is 9.97 Å². The number of nitriles is 1. The van der Waals surface area contributed by atoms with E-state index in [1.807, 2.05) is 25.1 Å². The first-order valence-electron chi connectivity index (χ1n) is 14.0. The summed E-state index contributed by atoms with van der Waals surface area (Å²) >= 11 is 0. The summed E-state index contributed by atoms with van der Waals surface area (Å²) < 4.78 is 1.62. The number of hydrogen-bond acceptors (Lipinski definition) is 7. The Morgan fingerprint density at radius 3 is 2.36 bits per heavy atom. The fourth-order valence-electron chi connectivity index (χ4n) is 4.45. The number of nitrogens with zero attached hydrogens (tertiary/aromatic N) is 5. The van der Waals surface area contributed by atoms with Gasteiger partial charge in [-0.05, 0) is 69.1 Å². The average Bonchev–Trinajstić information content (AvgIpc) is 3.30. The Kier molecular flexibility index (Phi) is 8.17. The number of aryl methyl sites for hydroxylation is 1. The third-order valence-electron chi connectivity index (χ3n) is 8.53. The Bertz CT molecular complexity index is 1690. The number of hydrogen-bond donors (Lipinski definition) is 3. The molecule has 10 heteroatoms. The molecule has 220 valence electrons. The minimum Gasteiger partial charge on any atom is -0.390 e. The van der Waals surface area contributed by atoms with E-state index in [0.717, 1.165) is 16.8 Å². The van der Waals surface area contributed by atoms with Crippen LogP contribution in [-0.4, -0.2) is 55.4 Å². The van der Waals surface area contributed by atoms with Crippen LogP contribution >= 0.6 is 0 Å². The van der Waals surface area contributed by atoms with Crippen LogP contribution in [0.15, 0.2) is 48.5 Å². The van der Waals surface area contributed by atoms with Crippen molar-refractivity contribution in [3.05, 3.63) is 71.2 Å². The molecular formula is C32H40N6O3Si. The molecule has 1 unspecified atom stereocenters. The van der Waals surface area contributed by atoms with Gasteiger partial charge < -0.3 is 15.5 Å². The second-order valence-electron chi connectivity index (χ2n) is 13.1. The number of carbonyl (C=O) groups is 1. The lowest BCUT2D eigenvalue weighted by Gasteiger charge is -2.40. The zero-order valence-electron chi connectivity index (χ0n) is 25.8. The van der Waals surface area contributed by atoms with Crippen LogP contribution in [0.5, 0.6) is 0 Å². The monoisotopic (exact) mass is 584 g/mol. The smallest absolute Gasteiger partial charge is 0.272 e. The summed E-state index contributed by atoms with van der Waals surface area (Å²) in [5.74, 6) is -0.431. The maximum absolute atomic E-state index is 13.2. The lowest BCUT2D eigenvalue weighted by molar-refractivity contribution is 0.0407. The van der Waals surface area contributed by atoms with Crippen LogP contribution in [0, 0.1) is 18.3 Å². The molecular weight excluding hydrogens is 544 g/mol. The van der Waals surface area contributed by atoms with Crippen molar-refractivity contribution in [2.45, 2.75) is 84.0 Å². The molecule has 4 rings (SSSR count). The van der Waals surface area contributed by atoms with Crippen molar-refractivity contribution in [3.8, 4) is 28.6 Å². The van der Waals surface area contributed by atoms with E-state index in [2.05, 4.69) is 50.3 Å². The average molecular weight is 585 g/mol. The quantitative estimate of drug-likeness (QED) is 0.240. The Balaban J connectivity index is 1.96. The highest BCUT2D eigenvalue weighted by Gasteiger charge is 2.43. The zero-order chi connectivity index (χ0) is 31.2. The van der Waals surface area contributed by atoms with E-state index in [1.54, 1.807) is 55.6 Å². The number of pyridine rings is 1. The number of carbonyl (C=O) groups excluding carboxylic acids is 1.